The fourth-order valence-electron chi connectivity index (χ4n) is 21.6. The first-order valence-corrected chi connectivity index (χ1v) is 27.8. The third-order valence-corrected chi connectivity index (χ3v) is 22.9. The zero-order chi connectivity index (χ0) is 37.0. The van der Waals surface area contributed by atoms with Crippen LogP contribution in [0.15, 0.2) is 0 Å². The Bertz CT molecular complexity index is 1180. The summed E-state index contributed by atoms with van der Waals surface area (Å²) in [4.78, 5) is 0. The summed E-state index contributed by atoms with van der Waals surface area (Å²) in [5.74, 6) is 22.4. The van der Waals surface area contributed by atoms with Crippen LogP contribution in [-0.2, 0) is 0 Å². The Morgan fingerprint density at radius 1 is 0.143 bits per heavy atom. The summed E-state index contributed by atoms with van der Waals surface area (Å²) < 4.78 is 0. The lowest BCUT2D eigenvalue weighted by Gasteiger charge is -2.67. The molecule has 11 rings (SSSR count). The molecular formula is C56H92. The molecule has 0 aromatic carbocycles. The van der Waals surface area contributed by atoms with Crippen molar-refractivity contribution in [1.82, 2.24) is 0 Å². The minimum absolute atomic E-state index is 1.09. The minimum Gasteiger partial charge on any atom is -0.0533 e. The van der Waals surface area contributed by atoms with E-state index in [4.69, 9.17) is 0 Å². The van der Waals surface area contributed by atoms with Crippen LogP contribution in [0.2, 0.25) is 0 Å². The Morgan fingerprint density at radius 3 is 0.750 bits per heavy atom. The average Bonchev–Trinajstić information content (AvgIpc) is 3.28. The van der Waals surface area contributed by atoms with Gasteiger partial charge in [0.1, 0.15) is 0 Å². The van der Waals surface area contributed by atoms with E-state index in [1.807, 2.05) is 0 Å². The van der Waals surface area contributed by atoms with Gasteiger partial charge in [-0.2, -0.15) is 0 Å². The number of hydrogen-bond acceptors (Lipinski definition) is 0. The van der Waals surface area contributed by atoms with Crippen molar-refractivity contribution in [3.8, 4) is 0 Å². The highest BCUT2D eigenvalue weighted by Gasteiger charge is 2.64. The van der Waals surface area contributed by atoms with E-state index in [9.17, 15) is 0 Å². The fourth-order valence-corrected chi connectivity index (χ4v) is 21.6. The van der Waals surface area contributed by atoms with Crippen molar-refractivity contribution >= 4 is 0 Å². The maximum Gasteiger partial charge on any atom is -0.0318 e. The summed E-state index contributed by atoms with van der Waals surface area (Å²) in [7, 11) is 0. The highest BCUT2D eigenvalue weighted by molar-refractivity contribution is 5.12. The molecule has 0 heterocycles. The molecule has 11 aliphatic rings. The quantitative estimate of drug-likeness (QED) is 0.253. The van der Waals surface area contributed by atoms with E-state index in [-0.39, 0.29) is 0 Å². The van der Waals surface area contributed by atoms with Crippen LogP contribution in [0, 0.1) is 118 Å². The van der Waals surface area contributed by atoms with Crippen LogP contribution in [-0.4, -0.2) is 0 Å². The lowest BCUT2D eigenvalue weighted by molar-refractivity contribution is -0.191. The van der Waals surface area contributed by atoms with Gasteiger partial charge in [0, 0.05) is 0 Å². The van der Waals surface area contributed by atoms with Crippen LogP contribution in [0.25, 0.3) is 0 Å². The first-order chi connectivity index (χ1) is 27.8. The molecule has 0 aliphatic heterocycles. The van der Waals surface area contributed by atoms with E-state index in [0.29, 0.717) is 0 Å². The van der Waals surface area contributed by atoms with Gasteiger partial charge < -0.3 is 0 Å². The van der Waals surface area contributed by atoms with Crippen LogP contribution < -0.4 is 0 Å². The predicted molar refractivity (Wildman–Crippen MR) is 236 cm³/mol. The summed E-state index contributed by atoms with van der Waals surface area (Å²) in [6.07, 6.45) is 58.2. The third kappa shape index (κ3) is 7.12. The second kappa shape index (κ2) is 17.4. The maximum absolute atomic E-state index is 1.75. The number of rotatable bonds is 6. The fraction of sp³-hybridized carbons (Fsp3) is 1.00. The Hall–Kier alpha value is 0. The summed E-state index contributed by atoms with van der Waals surface area (Å²) in [5, 5.41) is 0. The van der Waals surface area contributed by atoms with Crippen molar-refractivity contribution in [3.05, 3.63) is 0 Å². The van der Waals surface area contributed by atoms with Crippen molar-refractivity contribution in [1.29, 1.82) is 0 Å². The summed E-state index contributed by atoms with van der Waals surface area (Å²) >= 11 is 0. The van der Waals surface area contributed by atoms with Crippen molar-refractivity contribution < 1.29 is 0 Å². The van der Waals surface area contributed by atoms with Crippen molar-refractivity contribution in [2.75, 3.05) is 0 Å². The molecule has 0 N–H and O–H groups in total. The van der Waals surface area contributed by atoms with Gasteiger partial charge in [0.2, 0.25) is 0 Å². The lowest BCUT2D eigenvalue weighted by Crippen LogP contribution is -2.61. The largest absolute Gasteiger partial charge is 0.0533 e. The van der Waals surface area contributed by atoms with Crippen molar-refractivity contribution in [2.45, 2.75) is 231 Å². The average molecular weight is 765 g/mol. The van der Waals surface area contributed by atoms with Gasteiger partial charge in [0.25, 0.3) is 0 Å². The molecule has 0 aromatic rings. The van der Waals surface area contributed by atoms with Gasteiger partial charge in [-0.3, -0.25) is 0 Å². The molecule has 316 valence electrons. The van der Waals surface area contributed by atoms with Crippen LogP contribution in [0.3, 0.4) is 0 Å². The van der Waals surface area contributed by atoms with Gasteiger partial charge in [-0.05, 0) is 150 Å². The number of hydrogen-bond donors (Lipinski definition) is 0. The molecule has 11 aliphatic carbocycles. The smallest absolute Gasteiger partial charge is 0.0318 e. The Labute approximate surface area is 348 Å². The summed E-state index contributed by atoms with van der Waals surface area (Å²) in [6, 6.07) is 0. The van der Waals surface area contributed by atoms with Crippen LogP contribution in [0.4, 0.5) is 0 Å². The highest BCUT2D eigenvalue weighted by atomic mass is 14.7. The molecule has 0 radical (unpaired) electrons. The van der Waals surface area contributed by atoms with E-state index in [0.717, 1.165) is 118 Å². The third-order valence-electron chi connectivity index (χ3n) is 22.9. The minimum atomic E-state index is 1.09. The Morgan fingerprint density at radius 2 is 0.393 bits per heavy atom. The molecule has 0 heteroatoms. The molecule has 0 amide bonds. The Kier molecular flexibility index (Phi) is 12.1. The SMILES string of the molecule is C1CCC(C2C(C3CCCCC3)C(C3CCCCC3)C(C3CC4CCCC5C6CCCC7CCCC(C(C3)C45)C76)C(C3CCCCC3)C2C2CCCCC2)CC1. The van der Waals surface area contributed by atoms with Gasteiger partial charge in [-0.25, -0.2) is 0 Å². The van der Waals surface area contributed by atoms with Crippen LogP contribution >= 0.6 is 0 Å². The van der Waals surface area contributed by atoms with E-state index in [2.05, 4.69) is 0 Å². The molecule has 56 heavy (non-hydrogen) atoms. The maximum atomic E-state index is 1.75. The second-order valence-corrected chi connectivity index (χ2v) is 24.8. The molecule has 0 aromatic heterocycles. The topological polar surface area (TPSA) is 0 Å². The standard InChI is InChI=1S/C56H92/c1-6-19-38(20-7-1)51-52(39-21-8-2-9-22-39)54(41-25-12-4-13-26-41)56(55(42-27-14-5-15-28-42)53(51)40-23-10-3-11-24-40)44-35-43-31-18-33-46-45-32-16-29-37-30-17-34-47(49(37)45)48(36-44)50(43)46/h37-56H,1-36H2. The molecule has 0 bridgehead atoms. The van der Waals surface area contributed by atoms with E-state index in [1.165, 1.54) is 0 Å². The van der Waals surface area contributed by atoms with E-state index in [1.54, 1.807) is 231 Å². The monoisotopic (exact) mass is 765 g/mol. The molecule has 11 fully saturated rings. The second-order valence-electron chi connectivity index (χ2n) is 24.8. The van der Waals surface area contributed by atoms with Crippen molar-refractivity contribution in [3.63, 3.8) is 0 Å². The van der Waals surface area contributed by atoms with Gasteiger partial charge in [-0.1, -0.05) is 199 Å². The zero-order valence-corrected chi connectivity index (χ0v) is 37.0. The molecule has 0 saturated heterocycles. The zero-order valence-electron chi connectivity index (χ0n) is 37.0. The normalized spacial score (nSPS) is 49.2. The number of fused-ring (bicyclic) bond motifs is 2. The molecule has 0 spiro atoms. The molecule has 13 atom stereocenters. The Balaban J connectivity index is 1.06. The first kappa shape index (κ1) is 38.9. The van der Waals surface area contributed by atoms with Crippen LogP contribution in [0.1, 0.15) is 231 Å². The van der Waals surface area contributed by atoms with Gasteiger partial charge in [0.15, 0.2) is 0 Å². The lowest BCUT2D eigenvalue weighted by atomic mass is 9.37. The van der Waals surface area contributed by atoms with E-state index < -0.39 is 0 Å². The molecular weight excluding hydrogens is 673 g/mol. The van der Waals surface area contributed by atoms with Crippen LogP contribution in [0.5, 0.6) is 0 Å². The molecule has 11 saturated carbocycles. The summed E-state index contributed by atoms with van der Waals surface area (Å²) in [5.41, 5.74) is 0. The molecule has 13 unspecified atom stereocenters. The first-order valence-electron chi connectivity index (χ1n) is 27.8. The van der Waals surface area contributed by atoms with Crippen molar-refractivity contribution in [2.24, 2.45) is 118 Å². The summed E-state index contributed by atoms with van der Waals surface area (Å²) in [6.45, 7) is 0. The highest BCUT2D eigenvalue weighted by Crippen LogP contribution is 2.70. The predicted octanol–water partition coefficient (Wildman–Crippen LogP) is 16.5. The van der Waals surface area contributed by atoms with E-state index >= 15 is 0 Å². The van der Waals surface area contributed by atoms with Gasteiger partial charge in [-0.15, -0.1) is 0 Å². The van der Waals surface area contributed by atoms with Gasteiger partial charge >= 0.3 is 0 Å². The van der Waals surface area contributed by atoms with Gasteiger partial charge in [0.05, 0.1) is 0 Å². The molecule has 0 nitrogen and oxygen atoms in total.